The third-order valence-corrected chi connectivity index (χ3v) is 7.75. The minimum absolute atomic E-state index is 0.105. The number of nitrogens with one attached hydrogen (secondary N) is 2. The van der Waals surface area contributed by atoms with Gasteiger partial charge in [-0.3, -0.25) is 30.3 Å². The van der Waals surface area contributed by atoms with Gasteiger partial charge in [0.2, 0.25) is 11.5 Å². The van der Waals surface area contributed by atoms with Crippen LogP contribution in [0.25, 0.3) is 0 Å². The molecule has 48 heavy (non-hydrogen) atoms. The Bertz CT molecular complexity index is 1620. The summed E-state index contributed by atoms with van der Waals surface area (Å²) in [6.07, 6.45) is -3.46. The second kappa shape index (κ2) is 14.2. The number of carbonyl (C=O) groups excluding carboxylic acids is 4. The molecule has 7 N–H and O–H groups in total. The summed E-state index contributed by atoms with van der Waals surface area (Å²) < 4.78 is 30.7. The monoisotopic (exact) mass is 675 g/mol. The summed E-state index contributed by atoms with van der Waals surface area (Å²) in [5.41, 5.74) is 3.00. The van der Waals surface area contributed by atoms with Gasteiger partial charge in [0.15, 0.2) is 5.78 Å². The molecule has 17 nitrogen and oxygen atoms in total. The number of aromatic nitrogens is 1. The van der Waals surface area contributed by atoms with Crippen LogP contribution in [0, 0.1) is 23.1 Å². The van der Waals surface area contributed by atoms with Gasteiger partial charge < -0.3 is 25.4 Å². The van der Waals surface area contributed by atoms with E-state index < -0.39 is 83.9 Å². The standard InChI is InChI=1S/C30H34FN5O12/c1-4-15(3)28(33)26(39)46-44-11-10-22(38)29(41,47-28)48-30(42,43)45-25-17(21(37)5-2)7-8-19(31)24(25)18-12-20(18)35-27(40)36-23-9-6-16(13-32)14-34-23/h6-9,14-15,18,20,41-43H,4-5,10-12,33H2,1-3H3,(H2,34,35,36,40)/t15-,18+,20-,28-,29-/m0/s1. The van der Waals surface area contributed by atoms with E-state index in [1.54, 1.807) is 6.92 Å². The van der Waals surface area contributed by atoms with Crippen molar-refractivity contribution in [3.8, 4) is 11.8 Å². The third-order valence-electron chi connectivity index (χ3n) is 7.75. The van der Waals surface area contributed by atoms with E-state index in [9.17, 15) is 34.5 Å². The van der Waals surface area contributed by atoms with Gasteiger partial charge in [-0.25, -0.2) is 23.7 Å². The predicted molar refractivity (Wildman–Crippen MR) is 156 cm³/mol. The Kier molecular flexibility index (Phi) is 10.8. The van der Waals surface area contributed by atoms with Gasteiger partial charge in [-0.2, -0.15) is 10.1 Å². The van der Waals surface area contributed by atoms with Gasteiger partial charge in [0.05, 0.1) is 11.1 Å². The number of hydrogen-bond donors (Lipinski definition) is 6. The van der Waals surface area contributed by atoms with Crippen molar-refractivity contribution in [2.45, 2.75) is 76.3 Å². The van der Waals surface area contributed by atoms with Crippen LogP contribution < -0.4 is 21.1 Å². The number of urea groups is 1. The topological polar surface area (TPSA) is 262 Å². The third kappa shape index (κ3) is 7.91. The van der Waals surface area contributed by atoms with Crippen LogP contribution >= 0.6 is 0 Å². The number of nitriles is 1. The molecule has 2 amide bonds. The highest BCUT2D eigenvalue weighted by molar-refractivity contribution is 5.99. The van der Waals surface area contributed by atoms with E-state index in [2.05, 4.69) is 25.4 Å². The maximum Gasteiger partial charge on any atom is 0.460 e. The van der Waals surface area contributed by atoms with Crippen LogP contribution in [-0.4, -0.2) is 74.4 Å². The normalized spacial score (nSPS) is 25.0. The number of anilines is 1. The van der Waals surface area contributed by atoms with Crippen LogP contribution in [0.5, 0.6) is 5.75 Å². The Morgan fingerprint density at radius 1 is 1.27 bits per heavy atom. The SMILES string of the molecule is CCC(=O)c1ccc(F)c([C@@H]2C[C@@H]2NC(=O)Nc2ccc(C#N)cn2)c1OC(O)(O)O[C@@]1(O)O[C@@](N)([C@@H](C)CC)C(=O)OOCCC1=O. The number of rotatable bonds is 11. The van der Waals surface area contributed by atoms with Crippen molar-refractivity contribution in [2.24, 2.45) is 11.7 Å². The molecule has 1 saturated carbocycles. The van der Waals surface area contributed by atoms with Crippen LogP contribution in [0.1, 0.15) is 73.9 Å². The summed E-state index contributed by atoms with van der Waals surface area (Å²) >= 11 is 0. The number of Topliss-reactive ketones (excluding diaryl/α,β-unsaturated/α-hetero) is 2. The largest absolute Gasteiger partial charge is 0.460 e. The van der Waals surface area contributed by atoms with Gasteiger partial charge in [-0.1, -0.05) is 20.8 Å². The summed E-state index contributed by atoms with van der Waals surface area (Å²) in [7, 11) is 0. The minimum atomic E-state index is -4.04. The highest BCUT2D eigenvalue weighted by Gasteiger charge is 2.57. The number of nitrogens with two attached hydrogens (primary N) is 1. The van der Waals surface area contributed by atoms with Gasteiger partial charge in [-0.15, -0.1) is 0 Å². The van der Waals surface area contributed by atoms with Gasteiger partial charge in [-0.05, 0) is 37.1 Å². The number of ketones is 2. The number of ether oxygens (including phenoxy) is 3. The molecule has 1 aliphatic carbocycles. The Labute approximate surface area is 272 Å². The highest BCUT2D eigenvalue weighted by Crippen LogP contribution is 2.48. The molecular formula is C30H34FN5O12. The maximum absolute atomic E-state index is 15.4. The van der Waals surface area contributed by atoms with E-state index in [1.807, 2.05) is 6.07 Å². The van der Waals surface area contributed by atoms with Crippen molar-refractivity contribution in [3.05, 3.63) is 53.0 Å². The van der Waals surface area contributed by atoms with Crippen LogP contribution in [0.15, 0.2) is 30.5 Å². The second-order valence-electron chi connectivity index (χ2n) is 11.1. The zero-order valence-corrected chi connectivity index (χ0v) is 26.0. The molecule has 1 aliphatic heterocycles. The predicted octanol–water partition coefficient (Wildman–Crippen LogP) is 1.17. The first kappa shape index (κ1) is 36.2. The van der Waals surface area contributed by atoms with E-state index in [0.717, 1.165) is 12.1 Å². The molecule has 258 valence electrons. The van der Waals surface area contributed by atoms with E-state index in [-0.39, 0.29) is 41.8 Å². The minimum Gasteiger partial charge on any atom is -0.415 e. The first-order valence-corrected chi connectivity index (χ1v) is 14.8. The van der Waals surface area contributed by atoms with E-state index in [1.165, 1.54) is 32.2 Å². The number of benzene rings is 1. The molecule has 0 radical (unpaired) electrons. The van der Waals surface area contributed by atoms with Gasteiger partial charge in [0, 0.05) is 42.5 Å². The summed E-state index contributed by atoms with van der Waals surface area (Å²) in [6, 6.07) is 5.19. The summed E-state index contributed by atoms with van der Waals surface area (Å²) in [4.78, 5) is 64.3. The average molecular weight is 676 g/mol. The van der Waals surface area contributed by atoms with Crippen LogP contribution in [0.3, 0.4) is 0 Å². The summed E-state index contributed by atoms with van der Waals surface area (Å²) in [5, 5.41) is 46.9. The lowest BCUT2D eigenvalue weighted by molar-refractivity contribution is -0.527. The van der Waals surface area contributed by atoms with E-state index >= 15 is 4.39 Å². The first-order chi connectivity index (χ1) is 22.6. The summed E-state index contributed by atoms with van der Waals surface area (Å²) in [6.45, 7) is 3.84. The number of hydrogen-bond acceptors (Lipinski definition) is 15. The fourth-order valence-corrected chi connectivity index (χ4v) is 4.77. The number of nitrogens with zero attached hydrogens (tertiary/aromatic N) is 2. The number of pyridine rings is 1. The zero-order chi connectivity index (χ0) is 35.4. The van der Waals surface area contributed by atoms with Crippen molar-refractivity contribution < 1.29 is 62.9 Å². The molecule has 0 bridgehead atoms. The average Bonchev–Trinajstić information content (AvgIpc) is 3.78. The Morgan fingerprint density at radius 2 is 2.00 bits per heavy atom. The molecule has 1 aromatic heterocycles. The Balaban J connectivity index is 1.63. The lowest BCUT2D eigenvalue weighted by Crippen LogP contribution is -2.65. The van der Waals surface area contributed by atoms with Gasteiger partial charge in [0.1, 0.15) is 30.1 Å². The number of amides is 2. The van der Waals surface area contributed by atoms with Crippen molar-refractivity contribution in [1.82, 2.24) is 10.3 Å². The van der Waals surface area contributed by atoms with Crippen LogP contribution in [0.4, 0.5) is 15.0 Å². The molecule has 2 aromatic rings. The molecule has 2 fully saturated rings. The van der Waals surface area contributed by atoms with Crippen LogP contribution in [0.2, 0.25) is 0 Å². The molecule has 2 aliphatic rings. The molecule has 18 heteroatoms. The fourth-order valence-electron chi connectivity index (χ4n) is 4.77. The van der Waals surface area contributed by atoms with Crippen LogP contribution in [-0.2, 0) is 28.8 Å². The lowest BCUT2D eigenvalue weighted by Gasteiger charge is -2.39. The van der Waals surface area contributed by atoms with Crippen molar-refractivity contribution >= 4 is 29.4 Å². The molecule has 1 saturated heterocycles. The molecular weight excluding hydrogens is 641 g/mol. The van der Waals surface area contributed by atoms with Gasteiger partial charge >= 0.3 is 24.1 Å². The zero-order valence-electron chi connectivity index (χ0n) is 26.0. The van der Waals surface area contributed by atoms with Crippen molar-refractivity contribution in [1.29, 1.82) is 5.26 Å². The number of carbonyl (C=O) groups is 4. The smallest absolute Gasteiger partial charge is 0.415 e. The quantitative estimate of drug-likeness (QED) is 0.111. The molecule has 4 rings (SSSR count). The van der Waals surface area contributed by atoms with Crippen molar-refractivity contribution in [2.75, 3.05) is 11.9 Å². The van der Waals surface area contributed by atoms with Crippen molar-refractivity contribution in [3.63, 3.8) is 0 Å². The Hall–Kier alpha value is -4.61. The fraction of sp³-hybridized carbons (Fsp3) is 0.467. The first-order valence-electron chi connectivity index (χ1n) is 14.8. The maximum atomic E-state index is 15.4. The lowest BCUT2D eigenvalue weighted by atomic mass is 9.95. The molecule has 0 spiro atoms. The number of aliphatic hydroxyl groups is 3. The summed E-state index contributed by atoms with van der Waals surface area (Å²) in [5.74, 6) is -10.6. The number of halogens is 1. The van der Waals surface area contributed by atoms with E-state index in [0.29, 0.717) is 0 Å². The highest BCUT2D eigenvalue weighted by atomic mass is 19.1. The van der Waals surface area contributed by atoms with E-state index in [4.69, 9.17) is 25.2 Å². The van der Waals surface area contributed by atoms with Gasteiger partial charge in [0.25, 0.3) is 0 Å². The molecule has 2 heterocycles. The second-order valence-corrected chi connectivity index (χ2v) is 11.1. The molecule has 0 unspecified atom stereocenters. The molecule has 1 aromatic carbocycles. The molecule has 5 atom stereocenters. The Morgan fingerprint density at radius 3 is 2.62 bits per heavy atom.